The molecule has 2 N–H and O–H groups in total. The van der Waals surface area contributed by atoms with Crippen molar-refractivity contribution >= 4 is 16.6 Å². The zero-order valence-corrected chi connectivity index (χ0v) is 10.7. The van der Waals surface area contributed by atoms with Gasteiger partial charge < -0.3 is 10.3 Å². The highest BCUT2D eigenvalue weighted by molar-refractivity contribution is 5.90. The number of nitrogens with zero attached hydrogens (tertiary/aromatic N) is 2. The lowest BCUT2D eigenvalue weighted by molar-refractivity contribution is 0.623. The van der Waals surface area contributed by atoms with Gasteiger partial charge in [-0.25, -0.2) is 4.39 Å². The van der Waals surface area contributed by atoms with E-state index >= 15 is 0 Å². The van der Waals surface area contributed by atoms with Gasteiger partial charge in [0, 0.05) is 18.1 Å². The van der Waals surface area contributed by atoms with Gasteiger partial charge in [-0.1, -0.05) is 12.1 Å². The summed E-state index contributed by atoms with van der Waals surface area (Å²) in [6.45, 7) is 0.415. The number of aromatic nitrogens is 1. The van der Waals surface area contributed by atoms with Crippen LogP contribution in [0.5, 0.6) is 0 Å². The van der Waals surface area contributed by atoms with Crippen LogP contribution in [0.4, 0.5) is 10.1 Å². The van der Waals surface area contributed by atoms with Crippen molar-refractivity contribution in [2.75, 3.05) is 5.73 Å². The lowest BCUT2D eigenvalue weighted by atomic mass is 10.1. The Morgan fingerprint density at radius 1 is 1.20 bits per heavy atom. The van der Waals surface area contributed by atoms with Crippen molar-refractivity contribution in [1.82, 2.24) is 4.57 Å². The van der Waals surface area contributed by atoms with Gasteiger partial charge in [0.05, 0.1) is 22.8 Å². The van der Waals surface area contributed by atoms with E-state index in [1.165, 1.54) is 18.2 Å². The summed E-state index contributed by atoms with van der Waals surface area (Å²) in [6.07, 6.45) is 1.90. The van der Waals surface area contributed by atoms with Gasteiger partial charge in [-0.2, -0.15) is 5.26 Å². The maximum atomic E-state index is 13.4. The maximum absolute atomic E-state index is 13.4. The predicted molar refractivity (Wildman–Crippen MR) is 76.6 cm³/mol. The summed E-state index contributed by atoms with van der Waals surface area (Å²) in [4.78, 5) is 0. The zero-order valence-electron chi connectivity index (χ0n) is 10.7. The first-order valence-electron chi connectivity index (χ1n) is 6.21. The van der Waals surface area contributed by atoms with Gasteiger partial charge in [-0.05, 0) is 35.9 Å². The Balaban J connectivity index is 2.11. The van der Waals surface area contributed by atoms with Crippen LogP contribution in [0.3, 0.4) is 0 Å². The molecule has 0 spiro atoms. The van der Waals surface area contributed by atoms with Gasteiger partial charge in [0.15, 0.2) is 0 Å². The van der Waals surface area contributed by atoms with Gasteiger partial charge in [0.1, 0.15) is 5.82 Å². The van der Waals surface area contributed by atoms with Crippen molar-refractivity contribution < 1.29 is 4.39 Å². The minimum Gasteiger partial charge on any atom is -0.397 e. The third-order valence-corrected chi connectivity index (χ3v) is 3.35. The topological polar surface area (TPSA) is 54.7 Å². The van der Waals surface area contributed by atoms with Crippen LogP contribution >= 0.6 is 0 Å². The smallest absolute Gasteiger partial charge is 0.123 e. The molecule has 0 aliphatic rings. The molecule has 98 valence electrons. The number of fused-ring (bicyclic) bond motifs is 1. The number of rotatable bonds is 2. The van der Waals surface area contributed by atoms with Crippen LogP contribution in [0.1, 0.15) is 11.1 Å². The molecule has 0 aliphatic carbocycles. The van der Waals surface area contributed by atoms with E-state index in [9.17, 15) is 4.39 Å². The fraction of sp³-hybridized carbons (Fsp3) is 0.0625. The Morgan fingerprint density at radius 2 is 2.05 bits per heavy atom. The first kappa shape index (κ1) is 12.2. The monoisotopic (exact) mass is 265 g/mol. The van der Waals surface area contributed by atoms with E-state index < -0.39 is 0 Å². The molecule has 1 heterocycles. The Kier molecular flexibility index (Phi) is 2.88. The van der Waals surface area contributed by atoms with Gasteiger partial charge >= 0.3 is 0 Å². The standard InChI is InChI=1S/C16H12FN3/c17-14-5-4-12(9-18)13(8-14)10-20-7-6-11-2-1-3-15(19)16(11)20/h1-8H,10,19H2. The van der Waals surface area contributed by atoms with Crippen LogP contribution in [0.2, 0.25) is 0 Å². The summed E-state index contributed by atoms with van der Waals surface area (Å²) < 4.78 is 15.3. The number of hydrogen-bond acceptors (Lipinski definition) is 2. The van der Waals surface area contributed by atoms with Gasteiger partial charge in [0.2, 0.25) is 0 Å². The first-order valence-corrected chi connectivity index (χ1v) is 6.21. The summed E-state index contributed by atoms with van der Waals surface area (Å²) >= 11 is 0. The predicted octanol–water partition coefficient (Wildman–Crippen LogP) is 3.28. The molecular formula is C16H12FN3. The number of anilines is 1. The lowest BCUT2D eigenvalue weighted by Gasteiger charge is -2.09. The van der Waals surface area contributed by atoms with Gasteiger partial charge in [-0.3, -0.25) is 0 Å². The molecule has 0 fully saturated rings. The SMILES string of the molecule is N#Cc1ccc(F)cc1Cn1ccc2cccc(N)c21. The highest BCUT2D eigenvalue weighted by Gasteiger charge is 2.08. The van der Waals surface area contributed by atoms with Gasteiger partial charge in [-0.15, -0.1) is 0 Å². The number of nitrogen functional groups attached to an aromatic ring is 1. The average Bonchev–Trinajstić information content (AvgIpc) is 2.84. The second kappa shape index (κ2) is 4.71. The van der Waals surface area contributed by atoms with E-state index in [0.717, 1.165) is 10.9 Å². The molecule has 0 radical (unpaired) electrons. The molecule has 0 atom stereocenters. The quantitative estimate of drug-likeness (QED) is 0.723. The van der Waals surface area contributed by atoms with Crippen LogP contribution in [-0.4, -0.2) is 4.57 Å². The lowest BCUT2D eigenvalue weighted by Crippen LogP contribution is -2.02. The van der Waals surface area contributed by atoms with Crippen molar-refractivity contribution in [2.24, 2.45) is 0 Å². The third-order valence-electron chi connectivity index (χ3n) is 3.35. The summed E-state index contributed by atoms with van der Waals surface area (Å²) in [5.74, 6) is -0.344. The van der Waals surface area contributed by atoms with Crippen LogP contribution in [0, 0.1) is 17.1 Å². The molecule has 0 saturated carbocycles. The Hall–Kier alpha value is -2.80. The van der Waals surface area contributed by atoms with Crippen LogP contribution in [0.15, 0.2) is 48.7 Å². The molecule has 0 unspecified atom stereocenters. The van der Waals surface area contributed by atoms with Crippen LogP contribution in [0.25, 0.3) is 10.9 Å². The molecule has 3 nitrogen and oxygen atoms in total. The van der Waals surface area contributed by atoms with E-state index in [1.807, 2.05) is 35.0 Å². The average molecular weight is 265 g/mol. The fourth-order valence-corrected chi connectivity index (χ4v) is 2.41. The molecule has 3 aromatic rings. The van der Waals surface area contributed by atoms with Crippen LogP contribution in [-0.2, 0) is 6.54 Å². The van der Waals surface area contributed by atoms with Crippen molar-refractivity contribution in [3.63, 3.8) is 0 Å². The molecule has 20 heavy (non-hydrogen) atoms. The number of nitrogens with two attached hydrogens (primary N) is 1. The minimum absolute atomic E-state index is 0.344. The summed E-state index contributed by atoms with van der Waals surface area (Å²) in [7, 11) is 0. The number of nitriles is 1. The molecule has 1 aromatic heterocycles. The molecule has 0 aliphatic heterocycles. The second-order valence-electron chi connectivity index (χ2n) is 4.64. The Morgan fingerprint density at radius 3 is 2.85 bits per heavy atom. The summed E-state index contributed by atoms with van der Waals surface area (Å²) in [5, 5.41) is 10.1. The highest BCUT2D eigenvalue weighted by Crippen LogP contribution is 2.23. The molecule has 4 heteroatoms. The molecule has 2 aromatic carbocycles. The highest BCUT2D eigenvalue weighted by atomic mass is 19.1. The molecule has 0 saturated heterocycles. The first-order chi connectivity index (χ1) is 9.69. The van der Waals surface area contributed by atoms with Crippen molar-refractivity contribution in [2.45, 2.75) is 6.54 Å². The van der Waals surface area contributed by atoms with E-state index in [1.54, 1.807) is 0 Å². The number of hydrogen-bond donors (Lipinski definition) is 1. The molecule has 0 bridgehead atoms. The number of para-hydroxylation sites is 1. The Labute approximate surface area is 115 Å². The van der Waals surface area contributed by atoms with Crippen molar-refractivity contribution in [3.05, 3.63) is 65.6 Å². The van der Waals surface area contributed by atoms with E-state index in [0.29, 0.717) is 23.4 Å². The van der Waals surface area contributed by atoms with Gasteiger partial charge in [0.25, 0.3) is 0 Å². The molecule has 0 amide bonds. The third kappa shape index (κ3) is 1.99. The van der Waals surface area contributed by atoms with E-state index in [-0.39, 0.29) is 5.82 Å². The zero-order chi connectivity index (χ0) is 14.1. The van der Waals surface area contributed by atoms with E-state index in [4.69, 9.17) is 11.0 Å². The molecular weight excluding hydrogens is 253 g/mol. The number of halogens is 1. The normalized spacial score (nSPS) is 10.6. The van der Waals surface area contributed by atoms with Crippen molar-refractivity contribution in [1.29, 1.82) is 5.26 Å². The number of benzene rings is 2. The second-order valence-corrected chi connectivity index (χ2v) is 4.64. The van der Waals surface area contributed by atoms with E-state index in [2.05, 4.69) is 6.07 Å². The van der Waals surface area contributed by atoms with Crippen LogP contribution < -0.4 is 5.73 Å². The maximum Gasteiger partial charge on any atom is 0.123 e. The fourth-order valence-electron chi connectivity index (χ4n) is 2.41. The summed E-state index contributed by atoms with van der Waals surface area (Å²) in [5.41, 5.74) is 8.69. The van der Waals surface area contributed by atoms with Crippen molar-refractivity contribution in [3.8, 4) is 6.07 Å². The largest absolute Gasteiger partial charge is 0.397 e. The minimum atomic E-state index is -0.344. The molecule has 3 rings (SSSR count). The summed E-state index contributed by atoms with van der Waals surface area (Å²) in [6, 6.07) is 13.9. The Bertz CT molecular complexity index is 827.